The number of alkyl halides is 1. The molecule has 0 aliphatic carbocycles. The third kappa shape index (κ3) is 4.05. The van der Waals surface area contributed by atoms with Gasteiger partial charge in [-0.15, -0.1) is 11.3 Å². The number of aromatic nitrogens is 2. The Bertz CT molecular complexity index is 1170. The summed E-state index contributed by atoms with van der Waals surface area (Å²) >= 11 is 7.28. The average molecular weight is 447 g/mol. The summed E-state index contributed by atoms with van der Waals surface area (Å²) in [5.41, 5.74) is 5.10. The molecule has 7 nitrogen and oxygen atoms in total. The van der Waals surface area contributed by atoms with Crippen LogP contribution in [-0.4, -0.2) is 36.7 Å². The van der Waals surface area contributed by atoms with Crippen molar-refractivity contribution in [2.24, 2.45) is 5.73 Å². The maximum atomic E-state index is 15.0. The van der Waals surface area contributed by atoms with Crippen LogP contribution in [0.4, 0.5) is 14.5 Å². The molecule has 0 saturated carbocycles. The van der Waals surface area contributed by atoms with Gasteiger partial charge < -0.3 is 5.73 Å². The normalized spacial score (nSPS) is 11.7. The summed E-state index contributed by atoms with van der Waals surface area (Å²) in [5, 5.41) is 1.46. The van der Waals surface area contributed by atoms with Crippen LogP contribution in [-0.2, 0) is 10.0 Å². The van der Waals surface area contributed by atoms with Crippen LogP contribution in [0.15, 0.2) is 23.7 Å². The number of amides is 1. The maximum absolute atomic E-state index is 15.0. The van der Waals surface area contributed by atoms with Gasteiger partial charge in [-0.2, -0.15) is 0 Å². The van der Waals surface area contributed by atoms with Crippen molar-refractivity contribution in [1.29, 1.82) is 0 Å². The molecule has 0 aliphatic heterocycles. The van der Waals surface area contributed by atoms with Crippen LogP contribution in [0.1, 0.15) is 16.8 Å². The van der Waals surface area contributed by atoms with Crippen molar-refractivity contribution < 1.29 is 22.0 Å². The minimum Gasteiger partial charge on any atom is -0.366 e. The lowest BCUT2D eigenvalue weighted by molar-refractivity contribution is 0.100. The van der Waals surface area contributed by atoms with Crippen molar-refractivity contribution in [3.05, 3.63) is 40.1 Å². The van der Waals surface area contributed by atoms with Gasteiger partial charge >= 0.3 is 0 Å². The number of thiophene rings is 1. The molecule has 2 aromatic heterocycles. The summed E-state index contributed by atoms with van der Waals surface area (Å²) in [4.78, 5) is 19.8. The Morgan fingerprint density at radius 3 is 2.79 bits per heavy atom. The molecule has 0 aliphatic rings. The first-order valence-corrected chi connectivity index (χ1v) is 10.7. The molecular formula is C16H13ClF2N4O3S2. The molecule has 0 atom stereocenters. The highest BCUT2D eigenvalue weighted by atomic mass is 35.5. The average Bonchev–Trinajstić information content (AvgIpc) is 3.06. The number of hydrogen-bond donors (Lipinski definition) is 2. The van der Waals surface area contributed by atoms with E-state index < -0.39 is 34.2 Å². The van der Waals surface area contributed by atoms with Crippen LogP contribution in [0.2, 0.25) is 5.02 Å². The van der Waals surface area contributed by atoms with Gasteiger partial charge in [-0.3, -0.25) is 13.9 Å². The smallest absolute Gasteiger partial charge is 0.251 e. The van der Waals surface area contributed by atoms with Crippen molar-refractivity contribution in [3.63, 3.8) is 0 Å². The standard InChI is InChI=1S/C16H13ClF2N4O3S2/c17-9-2-3-10(23-28(25,26)5-1-4-18)13(19)12(9)16-21-6-11-14(22-16)8(7-27-11)15(20)24/h2-3,6-7,23H,1,4-5H2,(H2,20,24). The highest BCUT2D eigenvalue weighted by Gasteiger charge is 2.21. The van der Waals surface area contributed by atoms with Gasteiger partial charge in [-0.25, -0.2) is 22.8 Å². The van der Waals surface area contributed by atoms with E-state index in [9.17, 15) is 17.6 Å². The zero-order valence-corrected chi connectivity index (χ0v) is 16.5. The minimum atomic E-state index is -3.95. The molecular weight excluding hydrogens is 434 g/mol. The van der Waals surface area contributed by atoms with E-state index in [4.69, 9.17) is 17.3 Å². The zero-order valence-electron chi connectivity index (χ0n) is 14.1. The molecule has 3 N–H and O–H groups in total. The van der Waals surface area contributed by atoms with E-state index in [1.54, 1.807) is 0 Å². The summed E-state index contributed by atoms with van der Waals surface area (Å²) < 4.78 is 53.8. The first kappa shape index (κ1) is 20.4. The molecule has 3 aromatic rings. The van der Waals surface area contributed by atoms with Gasteiger partial charge in [0.1, 0.15) is 0 Å². The summed E-state index contributed by atoms with van der Waals surface area (Å²) in [7, 11) is -3.95. The lowest BCUT2D eigenvalue weighted by Gasteiger charge is -2.12. The molecule has 0 spiro atoms. The SMILES string of the molecule is NC(=O)c1csc2cnc(-c3c(Cl)ccc(NS(=O)(=O)CCCF)c3F)nc12. The molecule has 3 rings (SSSR count). The Balaban J connectivity index is 2.08. The summed E-state index contributed by atoms with van der Waals surface area (Å²) in [6, 6.07) is 2.43. The largest absolute Gasteiger partial charge is 0.366 e. The number of carbonyl (C=O) groups is 1. The van der Waals surface area contributed by atoms with E-state index in [0.717, 1.165) is 6.07 Å². The van der Waals surface area contributed by atoms with E-state index in [0.29, 0.717) is 4.70 Å². The monoisotopic (exact) mass is 446 g/mol. The van der Waals surface area contributed by atoms with Gasteiger partial charge in [0.2, 0.25) is 10.0 Å². The van der Waals surface area contributed by atoms with Gasteiger partial charge in [-0.1, -0.05) is 11.6 Å². The Hall–Kier alpha value is -2.37. The van der Waals surface area contributed by atoms with E-state index in [1.165, 1.54) is 29.0 Å². The number of sulfonamides is 1. The Kier molecular flexibility index (Phi) is 5.77. The van der Waals surface area contributed by atoms with E-state index in [-0.39, 0.29) is 39.6 Å². The van der Waals surface area contributed by atoms with Crippen molar-refractivity contribution in [2.45, 2.75) is 6.42 Å². The van der Waals surface area contributed by atoms with Crippen LogP contribution < -0.4 is 10.5 Å². The Morgan fingerprint density at radius 1 is 1.36 bits per heavy atom. The lowest BCUT2D eigenvalue weighted by Crippen LogP contribution is -2.18. The molecule has 1 aromatic carbocycles. The second-order valence-electron chi connectivity index (χ2n) is 5.67. The number of nitrogens with two attached hydrogens (primary N) is 1. The number of anilines is 1. The molecule has 0 radical (unpaired) electrons. The predicted octanol–water partition coefficient (Wildman–Crippen LogP) is 3.35. The molecule has 1 amide bonds. The minimum absolute atomic E-state index is 0.0561. The third-order valence-corrected chi connectivity index (χ3v) is 6.28. The van der Waals surface area contributed by atoms with Crippen molar-refractivity contribution in [3.8, 4) is 11.4 Å². The molecule has 2 heterocycles. The maximum Gasteiger partial charge on any atom is 0.251 e. The number of fused-ring (bicyclic) bond motifs is 1. The number of nitrogens with zero attached hydrogens (tertiary/aromatic N) is 2. The molecule has 0 fully saturated rings. The fraction of sp³-hybridized carbons (Fsp3) is 0.188. The van der Waals surface area contributed by atoms with E-state index >= 15 is 4.39 Å². The van der Waals surface area contributed by atoms with Crippen LogP contribution in [0.3, 0.4) is 0 Å². The molecule has 28 heavy (non-hydrogen) atoms. The van der Waals surface area contributed by atoms with Crippen molar-refractivity contribution in [2.75, 3.05) is 17.1 Å². The number of hydrogen-bond acceptors (Lipinski definition) is 6. The van der Waals surface area contributed by atoms with Crippen LogP contribution >= 0.6 is 22.9 Å². The third-order valence-electron chi connectivity index (χ3n) is 3.71. The quantitative estimate of drug-likeness (QED) is 0.577. The number of nitrogens with one attached hydrogen (secondary N) is 1. The van der Waals surface area contributed by atoms with Gasteiger partial charge in [0.05, 0.1) is 44.5 Å². The summed E-state index contributed by atoms with van der Waals surface area (Å²) in [6.07, 6.45) is 1.17. The Morgan fingerprint density at radius 2 is 2.11 bits per heavy atom. The van der Waals surface area contributed by atoms with Crippen molar-refractivity contribution >= 4 is 54.8 Å². The second-order valence-corrected chi connectivity index (χ2v) is 8.83. The lowest BCUT2D eigenvalue weighted by atomic mass is 10.1. The zero-order chi connectivity index (χ0) is 20.5. The number of carbonyl (C=O) groups excluding carboxylic acids is 1. The highest BCUT2D eigenvalue weighted by molar-refractivity contribution is 7.92. The van der Waals surface area contributed by atoms with E-state index in [2.05, 4.69) is 14.7 Å². The van der Waals surface area contributed by atoms with Gasteiger partial charge in [0.25, 0.3) is 5.91 Å². The number of rotatable bonds is 7. The summed E-state index contributed by atoms with van der Waals surface area (Å²) in [6.45, 7) is -0.814. The predicted molar refractivity (Wildman–Crippen MR) is 104 cm³/mol. The molecule has 0 unspecified atom stereocenters. The molecule has 0 bridgehead atoms. The Labute approximate surface area is 167 Å². The van der Waals surface area contributed by atoms with Crippen LogP contribution in [0, 0.1) is 5.82 Å². The first-order chi connectivity index (χ1) is 13.2. The van der Waals surface area contributed by atoms with E-state index in [1.807, 2.05) is 0 Å². The van der Waals surface area contributed by atoms with Crippen molar-refractivity contribution in [1.82, 2.24) is 9.97 Å². The first-order valence-electron chi connectivity index (χ1n) is 7.82. The number of primary amides is 1. The van der Waals surface area contributed by atoms with Crippen LogP contribution in [0.5, 0.6) is 0 Å². The van der Waals surface area contributed by atoms with Gasteiger partial charge in [0, 0.05) is 11.6 Å². The van der Waals surface area contributed by atoms with Gasteiger partial charge in [-0.05, 0) is 18.6 Å². The fourth-order valence-electron chi connectivity index (χ4n) is 2.42. The molecule has 148 valence electrons. The van der Waals surface area contributed by atoms with Crippen LogP contribution in [0.25, 0.3) is 21.6 Å². The highest BCUT2D eigenvalue weighted by Crippen LogP contribution is 2.34. The fourth-order valence-corrected chi connectivity index (χ4v) is 4.59. The number of halogens is 3. The second kappa shape index (κ2) is 7.94. The van der Waals surface area contributed by atoms with Gasteiger partial charge in [0.15, 0.2) is 11.6 Å². The summed E-state index contributed by atoms with van der Waals surface area (Å²) in [5.74, 6) is -2.33. The number of benzene rings is 1. The topological polar surface area (TPSA) is 115 Å². The molecule has 0 saturated heterocycles. The molecule has 12 heteroatoms.